The molecule has 1 aromatic rings. The van der Waals surface area contributed by atoms with Gasteiger partial charge in [-0.3, -0.25) is 0 Å². The van der Waals surface area contributed by atoms with Gasteiger partial charge in [-0.1, -0.05) is 29.4 Å². The summed E-state index contributed by atoms with van der Waals surface area (Å²) in [5.41, 5.74) is 4.96. The zero-order valence-electron chi connectivity index (χ0n) is 8.81. The maximum atomic E-state index is 4.98. The molecule has 0 amide bonds. The molecule has 0 saturated carbocycles. The van der Waals surface area contributed by atoms with Crippen molar-refractivity contribution in [3.05, 3.63) is 60.0 Å². The number of hydrogen-bond acceptors (Lipinski definition) is 4. The van der Waals surface area contributed by atoms with Gasteiger partial charge < -0.3 is 9.68 Å². The van der Waals surface area contributed by atoms with Crippen LogP contribution in [0.15, 0.2) is 53.5 Å². The first-order valence-electron chi connectivity index (χ1n) is 4.79. The molecule has 0 fully saturated rings. The molecule has 2 rings (SSSR count). The topological polar surface area (TPSA) is 42.9 Å². The van der Waals surface area contributed by atoms with E-state index in [0.29, 0.717) is 5.71 Å². The second-order valence-corrected chi connectivity index (χ2v) is 3.03. The minimum absolute atomic E-state index is 0.646. The van der Waals surface area contributed by atoms with Crippen LogP contribution in [-0.4, -0.2) is 12.8 Å². The number of allylic oxidation sites excluding steroid dienone is 3. The van der Waals surface area contributed by atoms with Crippen molar-refractivity contribution in [2.24, 2.45) is 5.16 Å². The number of benzene rings is 1. The Kier molecular flexibility index (Phi) is 3.23. The molecule has 1 aromatic carbocycles. The molecule has 1 N–H and O–H groups in total. The van der Waals surface area contributed by atoms with Gasteiger partial charge in [0.1, 0.15) is 24.8 Å². The average Bonchev–Trinajstić information content (AvgIpc) is 2.38. The van der Waals surface area contributed by atoms with Crippen molar-refractivity contribution in [1.82, 2.24) is 5.48 Å². The summed E-state index contributed by atoms with van der Waals surface area (Å²) < 4.78 is 0. The summed E-state index contributed by atoms with van der Waals surface area (Å²) in [5, 5.41) is 3.96. The van der Waals surface area contributed by atoms with Gasteiger partial charge in [0.15, 0.2) is 0 Å². The lowest BCUT2D eigenvalue weighted by Crippen LogP contribution is -2.22. The third-order valence-corrected chi connectivity index (χ3v) is 1.98. The van der Waals surface area contributed by atoms with Crippen molar-refractivity contribution in [3.8, 4) is 0 Å². The van der Waals surface area contributed by atoms with Crippen molar-refractivity contribution < 1.29 is 9.68 Å². The van der Waals surface area contributed by atoms with Crippen molar-refractivity contribution in [1.29, 1.82) is 0 Å². The number of nitrogens with zero attached hydrogens (tertiary/aromatic N) is 1. The molecule has 0 saturated heterocycles. The second kappa shape index (κ2) is 5.02. The summed E-state index contributed by atoms with van der Waals surface area (Å²) in [6.45, 7) is 0. The number of hydroxylamine groups is 1. The fourth-order valence-electron chi connectivity index (χ4n) is 1.31. The molecule has 1 heterocycles. The Labute approximate surface area is 93.8 Å². The quantitative estimate of drug-likeness (QED) is 0.617. The zero-order valence-corrected chi connectivity index (χ0v) is 8.81. The van der Waals surface area contributed by atoms with Crippen LogP contribution in [0.3, 0.4) is 0 Å². The molecule has 0 atom stereocenters. The second-order valence-electron chi connectivity index (χ2n) is 3.03. The fourth-order valence-corrected chi connectivity index (χ4v) is 1.31. The van der Waals surface area contributed by atoms with E-state index in [9.17, 15) is 0 Å². The molecule has 0 aliphatic carbocycles. The first kappa shape index (κ1) is 10.3. The minimum atomic E-state index is 0.646. The molecule has 16 heavy (non-hydrogen) atoms. The molecule has 4 nitrogen and oxygen atoms in total. The van der Waals surface area contributed by atoms with Gasteiger partial charge in [-0.25, -0.2) is 5.48 Å². The number of oxime groups is 1. The highest BCUT2D eigenvalue weighted by Gasteiger charge is 2.12. The van der Waals surface area contributed by atoms with Gasteiger partial charge in [-0.05, 0) is 18.2 Å². The predicted octanol–water partition coefficient (Wildman–Crippen LogP) is 1.77. The van der Waals surface area contributed by atoms with Gasteiger partial charge in [0.2, 0.25) is 0 Å². The molecule has 1 aliphatic rings. The summed E-state index contributed by atoms with van der Waals surface area (Å²) in [5.74, 6) is 0. The normalized spacial score (nSPS) is 14.8. The smallest absolute Gasteiger partial charge is 0.137 e. The lowest BCUT2D eigenvalue weighted by atomic mass is 10.1. The summed E-state index contributed by atoms with van der Waals surface area (Å²) in [6, 6.07) is 10.6. The van der Waals surface area contributed by atoms with Crippen LogP contribution < -0.4 is 5.48 Å². The van der Waals surface area contributed by atoms with E-state index in [1.807, 2.05) is 30.3 Å². The van der Waals surface area contributed by atoms with Crippen LogP contribution in [0, 0.1) is 6.07 Å². The Hall–Kier alpha value is -2.23. The lowest BCUT2D eigenvalue weighted by molar-refractivity contribution is 0.164. The highest BCUT2D eigenvalue weighted by atomic mass is 16.6. The van der Waals surface area contributed by atoms with Gasteiger partial charge >= 0.3 is 0 Å². The fraction of sp³-hybridized carbons (Fsp3) is 0.0833. The van der Waals surface area contributed by atoms with Crippen LogP contribution in [0.25, 0.3) is 0 Å². The maximum Gasteiger partial charge on any atom is 0.137 e. The zero-order chi connectivity index (χ0) is 11.2. The van der Waals surface area contributed by atoms with Gasteiger partial charge in [-0.2, -0.15) is 0 Å². The molecule has 0 bridgehead atoms. The molecule has 4 heteroatoms. The summed E-state index contributed by atoms with van der Waals surface area (Å²) in [7, 11) is 1.50. The van der Waals surface area contributed by atoms with Crippen molar-refractivity contribution >= 4 is 5.71 Å². The van der Waals surface area contributed by atoms with E-state index >= 15 is 0 Å². The van der Waals surface area contributed by atoms with Crippen LogP contribution >= 0.6 is 0 Å². The Morgan fingerprint density at radius 3 is 3.06 bits per heavy atom. The summed E-state index contributed by atoms with van der Waals surface area (Å²) in [4.78, 5) is 9.80. The van der Waals surface area contributed by atoms with Gasteiger partial charge in [-0.15, -0.1) is 0 Å². The van der Waals surface area contributed by atoms with Gasteiger partial charge in [0.25, 0.3) is 0 Å². The Morgan fingerprint density at radius 1 is 1.50 bits per heavy atom. The number of rotatable bonds is 3. The van der Waals surface area contributed by atoms with E-state index in [2.05, 4.69) is 16.7 Å². The van der Waals surface area contributed by atoms with Crippen LogP contribution in [0.4, 0.5) is 0 Å². The van der Waals surface area contributed by atoms with Gasteiger partial charge in [0.05, 0.1) is 0 Å². The van der Waals surface area contributed by atoms with Crippen LogP contribution in [0.5, 0.6) is 0 Å². The summed E-state index contributed by atoms with van der Waals surface area (Å²) in [6.07, 6.45) is 5.17. The van der Waals surface area contributed by atoms with E-state index in [1.54, 1.807) is 12.3 Å². The third kappa shape index (κ3) is 2.23. The van der Waals surface area contributed by atoms with Crippen molar-refractivity contribution in [2.75, 3.05) is 7.11 Å². The van der Waals surface area contributed by atoms with E-state index in [1.165, 1.54) is 7.11 Å². The molecular weight excluding hydrogens is 204 g/mol. The minimum Gasteiger partial charge on any atom is -0.399 e. The molecule has 0 spiro atoms. The maximum absolute atomic E-state index is 4.98. The van der Waals surface area contributed by atoms with Crippen LogP contribution in [0.1, 0.15) is 5.56 Å². The van der Waals surface area contributed by atoms with E-state index in [0.717, 1.165) is 11.3 Å². The van der Waals surface area contributed by atoms with E-state index in [-0.39, 0.29) is 0 Å². The number of nitrogens with one attached hydrogen (secondary N) is 1. The molecular formula is C12H11N2O2. The standard InChI is InChI=1S/C12H11N2O2/c1-15-14-12(10-6-3-2-4-7-10)11-8-5-9-16-13-11/h2-6,8-9,13H,1H3. The average molecular weight is 215 g/mol. The molecule has 1 radical (unpaired) electrons. The van der Waals surface area contributed by atoms with E-state index in [4.69, 9.17) is 9.68 Å². The largest absolute Gasteiger partial charge is 0.399 e. The monoisotopic (exact) mass is 215 g/mol. The van der Waals surface area contributed by atoms with Crippen molar-refractivity contribution in [3.63, 3.8) is 0 Å². The lowest BCUT2D eigenvalue weighted by Gasteiger charge is -2.13. The summed E-state index contributed by atoms with van der Waals surface area (Å²) >= 11 is 0. The number of hydrogen-bond donors (Lipinski definition) is 1. The molecule has 0 aromatic heterocycles. The Balaban J connectivity index is 2.35. The highest BCUT2D eigenvalue weighted by molar-refractivity contribution is 6.11. The predicted molar refractivity (Wildman–Crippen MR) is 60.3 cm³/mol. The highest BCUT2D eigenvalue weighted by Crippen LogP contribution is 2.09. The first-order valence-corrected chi connectivity index (χ1v) is 4.79. The Morgan fingerprint density at radius 2 is 2.44 bits per heavy atom. The van der Waals surface area contributed by atoms with E-state index < -0.39 is 0 Å². The van der Waals surface area contributed by atoms with Gasteiger partial charge in [0, 0.05) is 5.56 Å². The van der Waals surface area contributed by atoms with Crippen LogP contribution in [-0.2, 0) is 9.68 Å². The first-order chi connectivity index (χ1) is 7.92. The van der Waals surface area contributed by atoms with Crippen LogP contribution in [0.2, 0.25) is 0 Å². The third-order valence-electron chi connectivity index (χ3n) is 1.98. The van der Waals surface area contributed by atoms with Crippen molar-refractivity contribution in [2.45, 2.75) is 0 Å². The molecule has 0 unspecified atom stereocenters. The Bertz CT molecular complexity index is 436. The molecule has 1 aliphatic heterocycles. The molecule has 81 valence electrons. The SMILES string of the molecule is CON=C(C1=CC=CON1)c1[c]cccc1.